The standard InChI is InChI=1S/C27H35NO6/c1-5-32-25(26(29)30)16-21-8-10-23(11-9-21)33-13-12-28(17-22-6-7-22)27(31)34-24-15-19(3)18(2)14-20(24)4/h8-11,14-15,22,25H,5-7,12-13,16-17H2,1-4H3,(H,29,30). The quantitative estimate of drug-likeness (QED) is 0.474. The van der Waals surface area contributed by atoms with Gasteiger partial charge in [-0.15, -0.1) is 0 Å². The second-order valence-electron chi connectivity index (χ2n) is 8.94. The summed E-state index contributed by atoms with van der Waals surface area (Å²) in [6.07, 6.45) is 1.34. The summed E-state index contributed by atoms with van der Waals surface area (Å²) in [5, 5.41) is 9.24. The Labute approximate surface area is 201 Å². The molecule has 1 saturated carbocycles. The fourth-order valence-corrected chi connectivity index (χ4v) is 3.70. The van der Waals surface area contributed by atoms with E-state index in [2.05, 4.69) is 0 Å². The first kappa shape index (κ1) is 25.6. The molecule has 1 amide bonds. The van der Waals surface area contributed by atoms with E-state index >= 15 is 0 Å². The molecule has 0 bridgehead atoms. The summed E-state index contributed by atoms with van der Waals surface area (Å²) in [6.45, 7) is 9.54. The van der Waals surface area contributed by atoms with Crippen molar-refractivity contribution in [3.05, 3.63) is 58.7 Å². The lowest BCUT2D eigenvalue weighted by molar-refractivity contribution is -0.149. The third-order valence-corrected chi connectivity index (χ3v) is 6.04. The molecule has 3 rings (SSSR count). The van der Waals surface area contributed by atoms with Gasteiger partial charge in [0.15, 0.2) is 6.10 Å². The fraction of sp³-hybridized carbons (Fsp3) is 0.481. The van der Waals surface area contributed by atoms with E-state index in [1.807, 2.05) is 57.2 Å². The average Bonchev–Trinajstić information content (AvgIpc) is 3.61. The van der Waals surface area contributed by atoms with E-state index in [0.29, 0.717) is 50.1 Å². The molecule has 0 saturated heterocycles. The maximum atomic E-state index is 12.9. The Morgan fingerprint density at radius 1 is 1.06 bits per heavy atom. The minimum atomic E-state index is -0.971. The molecule has 7 nitrogen and oxygen atoms in total. The summed E-state index contributed by atoms with van der Waals surface area (Å²) in [4.78, 5) is 25.9. The number of rotatable bonds is 12. The van der Waals surface area contributed by atoms with Gasteiger partial charge in [0.2, 0.25) is 0 Å². The highest BCUT2D eigenvalue weighted by Gasteiger charge is 2.28. The van der Waals surface area contributed by atoms with Crippen molar-refractivity contribution in [3.8, 4) is 11.5 Å². The van der Waals surface area contributed by atoms with Gasteiger partial charge >= 0.3 is 12.1 Å². The Morgan fingerprint density at radius 2 is 1.74 bits per heavy atom. The van der Waals surface area contributed by atoms with Crippen molar-refractivity contribution in [1.82, 2.24) is 4.90 Å². The third kappa shape index (κ3) is 7.48. The molecule has 2 aromatic rings. The first-order valence-electron chi connectivity index (χ1n) is 11.9. The minimum absolute atomic E-state index is 0.294. The number of hydrogen-bond donors (Lipinski definition) is 1. The molecule has 1 atom stereocenters. The van der Waals surface area contributed by atoms with E-state index in [9.17, 15) is 14.7 Å². The summed E-state index contributed by atoms with van der Waals surface area (Å²) in [5.74, 6) is 0.815. The number of hydrogen-bond acceptors (Lipinski definition) is 5. The molecular weight excluding hydrogens is 434 g/mol. The largest absolute Gasteiger partial charge is 0.492 e. The van der Waals surface area contributed by atoms with Crippen LogP contribution in [0.15, 0.2) is 36.4 Å². The van der Waals surface area contributed by atoms with Crippen LogP contribution >= 0.6 is 0 Å². The van der Waals surface area contributed by atoms with Gasteiger partial charge in [0.1, 0.15) is 18.1 Å². The molecule has 1 unspecified atom stereocenters. The smallest absolute Gasteiger partial charge is 0.415 e. The first-order chi connectivity index (χ1) is 16.3. The maximum absolute atomic E-state index is 12.9. The van der Waals surface area contributed by atoms with Crippen molar-refractivity contribution in [3.63, 3.8) is 0 Å². The van der Waals surface area contributed by atoms with Gasteiger partial charge in [-0.2, -0.15) is 0 Å². The van der Waals surface area contributed by atoms with Crippen molar-refractivity contribution in [2.45, 2.75) is 53.1 Å². The number of carboxylic acids is 1. The first-order valence-corrected chi connectivity index (χ1v) is 11.9. The second-order valence-corrected chi connectivity index (χ2v) is 8.94. The predicted octanol–water partition coefficient (Wildman–Crippen LogP) is 4.93. The predicted molar refractivity (Wildman–Crippen MR) is 130 cm³/mol. The lowest BCUT2D eigenvalue weighted by Crippen LogP contribution is -2.38. The van der Waals surface area contributed by atoms with E-state index in [1.54, 1.807) is 11.8 Å². The van der Waals surface area contributed by atoms with E-state index in [4.69, 9.17) is 14.2 Å². The highest BCUT2D eigenvalue weighted by molar-refractivity contribution is 5.73. The lowest BCUT2D eigenvalue weighted by Gasteiger charge is -2.23. The highest BCUT2D eigenvalue weighted by atomic mass is 16.6. The SMILES string of the molecule is CCOC(Cc1ccc(OCCN(CC2CC2)C(=O)Oc2cc(C)c(C)cc2C)cc1)C(=O)O. The van der Waals surface area contributed by atoms with Crippen LogP contribution in [-0.4, -0.2) is 54.5 Å². The molecular formula is C27H35NO6. The molecule has 0 aliphatic heterocycles. The van der Waals surface area contributed by atoms with Gasteiger partial charge in [-0.05, 0) is 86.9 Å². The molecule has 0 radical (unpaired) electrons. The average molecular weight is 470 g/mol. The second kappa shape index (κ2) is 11.9. The van der Waals surface area contributed by atoms with Crippen molar-refractivity contribution in [2.75, 3.05) is 26.3 Å². The number of ether oxygens (including phenoxy) is 3. The van der Waals surface area contributed by atoms with Crippen molar-refractivity contribution < 1.29 is 28.9 Å². The van der Waals surface area contributed by atoms with Gasteiger partial charge in [-0.3, -0.25) is 0 Å². The number of aryl methyl sites for hydroxylation is 3. The van der Waals surface area contributed by atoms with Gasteiger partial charge in [-0.25, -0.2) is 9.59 Å². The normalized spacial score (nSPS) is 13.9. The Balaban J connectivity index is 1.54. The number of carboxylic acid groups (broad SMARTS) is 1. The lowest BCUT2D eigenvalue weighted by atomic mass is 10.1. The van der Waals surface area contributed by atoms with Gasteiger partial charge in [0.05, 0.1) is 6.54 Å². The van der Waals surface area contributed by atoms with Crippen molar-refractivity contribution >= 4 is 12.1 Å². The van der Waals surface area contributed by atoms with Crippen LogP contribution in [0.2, 0.25) is 0 Å². The van der Waals surface area contributed by atoms with Gasteiger partial charge in [0, 0.05) is 19.6 Å². The van der Waals surface area contributed by atoms with Gasteiger partial charge < -0.3 is 24.2 Å². The highest BCUT2D eigenvalue weighted by Crippen LogP contribution is 2.30. The zero-order valence-electron chi connectivity index (χ0n) is 20.5. The summed E-state index contributed by atoms with van der Waals surface area (Å²) < 4.78 is 16.9. The van der Waals surface area contributed by atoms with Crippen LogP contribution in [0, 0.1) is 26.7 Å². The molecule has 34 heavy (non-hydrogen) atoms. The summed E-state index contributed by atoms with van der Waals surface area (Å²) in [6, 6.07) is 11.2. The molecule has 2 aromatic carbocycles. The number of amides is 1. The minimum Gasteiger partial charge on any atom is -0.492 e. The van der Waals surface area contributed by atoms with E-state index in [1.165, 1.54) is 5.56 Å². The summed E-state index contributed by atoms with van der Waals surface area (Å²) in [7, 11) is 0. The Hall–Kier alpha value is -3.06. The van der Waals surface area contributed by atoms with E-state index in [0.717, 1.165) is 29.5 Å². The molecule has 0 spiro atoms. The molecule has 1 fully saturated rings. The van der Waals surface area contributed by atoms with Crippen LogP contribution in [-0.2, 0) is 16.0 Å². The van der Waals surface area contributed by atoms with Crippen LogP contribution in [0.25, 0.3) is 0 Å². The maximum Gasteiger partial charge on any atom is 0.415 e. The van der Waals surface area contributed by atoms with Crippen LogP contribution in [0.3, 0.4) is 0 Å². The Kier molecular flexibility index (Phi) is 8.93. The topological polar surface area (TPSA) is 85.3 Å². The number of benzene rings is 2. The summed E-state index contributed by atoms with van der Waals surface area (Å²) >= 11 is 0. The third-order valence-electron chi connectivity index (χ3n) is 6.04. The zero-order chi connectivity index (χ0) is 24.7. The number of aliphatic carboxylic acids is 1. The van der Waals surface area contributed by atoms with Crippen molar-refractivity contribution in [1.29, 1.82) is 0 Å². The van der Waals surface area contributed by atoms with Crippen molar-refractivity contribution in [2.24, 2.45) is 5.92 Å². The van der Waals surface area contributed by atoms with Crippen LogP contribution in [0.4, 0.5) is 4.79 Å². The zero-order valence-corrected chi connectivity index (χ0v) is 20.5. The molecule has 1 aliphatic rings. The van der Waals surface area contributed by atoms with E-state index < -0.39 is 12.1 Å². The van der Waals surface area contributed by atoms with Crippen LogP contribution in [0.5, 0.6) is 11.5 Å². The number of carbonyl (C=O) groups excluding carboxylic acids is 1. The molecule has 0 aromatic heterocycles. The fourth-order valence-electron chi connectivity index (χ4n) is 3.70. The van der Waals surface area contributed by atoms with Gasteiger partial charge in [0.25, 0.3) is 0 Å². The van der Waals surface area contributed by atoms with Gasteiger partial charge in [-0.1, -0.05) is 18.2 Å². The Bertz CT molecular complexity index is 983. The number of nitrogens with zero attached hydrogens (tertiary/aromatic N) is 1. The number of carbonyl (C=O) groups is 2. The van der Waals surface area contributed by atoms with Crippen LogP contribution < -0.4 is 9.47 Å². The van der Waals surface area contributed by atoms with E-state index in [-0.39, 0.29) is 6.09 Å². The molecule has 184 valence electrons. The Morgan fingerprint density at radius 3 is 2.35 bits per heavy atom. The summed E-state index contributed by atoms with van der Waals surface area (Å²) in [5.41, 5.74) is 4.05. The molecule has 0 heterocycles. The van der Waals surface area contributed by atoms with Crippen LogP contribution in [0.1, 0.15) is 42.0 Å². The molecule has 1 N–H and O–H groups in total. The molecule has 1 aliphatic carbocycles. The monoisotopic (exact) mass is 469 g/mol. The molecule has 7 heteroatoms.